The van der Waals surface area contributed by atoms with Crippen LogP contribution in [0.2, 0.25) is 10.0 Å². The molecule has 102 valence electrons. The van der Waals surface area contributed by atoms with Crippen molar-refractivity contribution in [1.82, 2.24) is 4.31 Å². The first-order valence-electron chi connectivity index (χ1n) is 5.80. The van der Waals surface area contributed by atoms with Gasteiger partial charge in [0.25, 0.3) is 0 Å². The van der Waals surface area contributed by atoms with Gasteiger partial charge in [-0.25, -0.2) is 8.42 Å². The van der Waals surface area contributed by atoms with Gasteiger partial charge in [0.1, 0.15) is 4.90 Å². The molecule has 2 rings (SSSR count). The zero-order valence-corrected chi connectivity index (χ0v) is 12.3. The molecular formula is C12H12Cl2N2O2S. The highest BCUT2D eigenvalue weighted by Crippen LogP contribution is 2.35. The highest BCUT2D eigenvalue weighted by atomic mass is 35.5. The molecule has 0 radical (unpaired) electrons. The monoisotopic (exact) mass is 318 g/mol. The van der Waals surface area contributed by atoms with Crippen LogP contribution in [0.1, 0.15) is 19.3 Å². The fourth-order valence-corrected chi connectivity index (χ4v) is 4.25. The second-order valence-electron chi connectivity index (χ2n) is 4.33. The van der Waals surface area contributed by atoms with Crippen LogP contribution >= 0.6 is 23.2 Å². The molecule has 7 heteroatoms. The van der Waals surface area contributed by atoms with Crippen molar-refractivity contribution in [1.29, 1.82) is 5.26 Å². The van der Waals surface area contributed by atoms with Crippen molar-refractivity contribution in [3.8, 4) is 6.07 Å². The molecule has 1 saturated carbocycles. The van der Waals surface area contributed by atoms with Crippen molar-refractivity contribution in [3.05, 3.63) is 28.2 Å². The zero-order chi connectivity index (χ0) is 14.0. The Kier molecular flexibility index (Phi) is 4.36. The fraction of sp³-hybridized carbons (Fsp3) is 0.417. The second kappa shape index (κ2) is 5.68. The third-order valence-corrected chi connectivity index (χ3v) is 5.55. The van der Waals surface area contributed by atoms with Crippen LogP contribution in [0.15, 0.2) is 23.1 Å². The van der Waals surface area contributed by atoms with Crippen LogP contribution in [0.25, 0.3) is 0 Å². The lowest BCUT2D eigenvalue weighted by molar-refractivity contribution is 0.411. The Hall–Kier alpha value is -0.800. The van der Waals surface area contributed by atoms with E-state index in [4.69, 9.17) is 28.5 Å². The molecule has 4 nitrogen and oxygen atoms in total. The van der Waals surface area contributed by atoms with Crippen molar-refractivity contribution in [2.45, 2.75) is 30.2 Å². The van der Waals surface area contributed by atoms with Gasteiger partial charge in [-0.15, -0.1) is 0 Å². The molecule has 0 amide bonds. The predicted octanol–water partition coefficient (Wildman–Crippen LogP) is 3.06. The maximum atomic E-state index is 12.6. The summed E-state index contributed by atoms with van der Waals surface area (Å²) in [4.78, 5) is 0.00602. The lowest BCUT2D eigenvalue weighted by atomic mass is 10.4. The topological polar surface area (TPSA) is 61.2 Å². The van der Waals surface area contributed by atoms with E-state index < -0.39 is 10.0 Å². The molecule has 1 aromatic rings. The van der Waals surface area contributed by atoms with E-state index in [0.29, 0.717) is 5.02 Å². The van der Waals surface area contributed by atoms with Gasteiger partial charge in [0.15, 0.2) is 0 Å². The van der Waals surface area contributed by atoms with Crippen LogP contribution in [0.4, 0.5) is 0 Å². The number of rotatable bonds is 5. The summed E-state index contributed by atoms with van der Waals surface area (Å²) in [5.74, 6) is 0. The Balaban J connectivity index is 2.39. The van der Waals surface area contributed by atoms with Crippen LogP contribution < -0.4 is 0 Å². The number of hydrogen-bond donors (Lipinski definition) is 0. The molecule has 0 bridgehead atoms. The second-order valence-corrected chi connectivity index (χ2v) is 7.03. The van der Waals surface area contributed by atoms with Crippen LogP contribution in [0, 0.1) is 11.3 Å². The van der Waals surface area contributed by atoms with E-state index >= 15 is 0 Å². The lowest BCUT2D eigenvalue weighted by Gasteiger charge is -2.21. The average Bonchev–Trinajstić information content (AvgIpc) is 3.17. The van der Waals surface area contributed by atoms with E-state index in [-0.39, 0.29) is 28.9 Å². The van der Waals surface area contributed by atoms with Crippen LogP contribution in [0.3, 0.4) is 0 Å². The third-order valence-electron chi connectivity index (χ3n) is 2.88. The standard InChI is InChI=1S/C12H12Cl2N2O2S/c13-9-2-5-11(14)12(8-9)19(17,18)16(7-1-6-15)10-3-4-10/h2,5,8,10H,1,3-4,7H2. The minimum atomic E-state index is -3.70. The summed E-state index contributed by atoms with van der Waals surface area (Å²) in [7, 11) is -3.70. The lowest BCUT2D eigenvalue weighted by Crippen LogP contribution is -2.34. The molecule has 1 fully saturated rings. The van der Waals surface area contributed by atoms with Gasteiger partial charge in [0, 0.05) is 24.0 Å². The molecule has 1 aromatic carbocycles. The van der Waals surface area contributed by atoms with Gasteiger partial charge >= 0.3 is 0 Å². The summed E-state index contributed by atoms with van der Waals surface area (Å²) in [5.41, 5.74) is 0. The van der Waals surface area contributed by atoms with Crippen molar-refractivity contribution in [3.63, 3.8) is 0 Å². The van der Waals surface area contributed by atoms with Crippen molar-refractivity contribution >= 4 is 33.2 Å². The Morgan fingerprint density at radius 3 is 2.63 bits per heavy atom. The predicted molar refractivity (Wildman–Crippen MR) is 73.6 cm³/mol. The molecule has 0 unspecified atom stereocenters. The Labute approximate surface area is 122 Å². The van der Waals surface area contributed by atoms with Gasteiger partial charge in [-0.2, -0.15) is 9.57 Å². The number of sulfonamides is 1. The minimum Gasteiger partial charge on any atom is -0.207 e. The Morgan fingerprint density at radius 1 is 1.37 bits per heavy atom. The van der Waals surface area contributed by atoms with Gasteiger partial charge in [-0.05, 0) is 31.0 Å². The maximum Gasteiger partial charge on any atom is 0.244 e. The van der Waals surface area contributed by atoms with Gasteiger partial charge in [0.2, 0.25) is 10.0 Å². The van der Waals surface area contributed by atoms with Gasteiger partial charge in [0.05, 0.1) is 11.1 Å². The van der Waals surface area contributed by atoms with E-state index in [1.54, 1.807) is 6.07 Å². The zero-order valence-electron chi connectivity index (χ0n) is 10.0. The molecule has 0 heterocycles. The first kappa shape index (κ1) is 14.6. The molecular weight excluding hydrogens is 307 g/mol. The van der Waals surface area contributed by atoms with E-state index in [1.165, 1.54) is 16.4 Å². The maximum absolute atomic E-state index is 12.6. The summed E-state index contributed by atoms with van der Waals surface area (Å²) in [6.45, 7) is 0.187. The van der Waals surface area contributed by atoms with Gasteiger partial charge in [-0.1, -0.05) is 23.2 Å². The quantitative estimate of drug-likeness (QED) is 0.838. The highest BCUT2D eigenvalue weighted by Gasteiger charge is 2.38. The van der Waals surface area contributed by atoms with E-state index in [9.17, 15) is 8.42 Å². The van der Waals surface area contributed by atoms with Gasteiger partial charge in [-0.3, -0.25) is 0 Å². The van der Waals surface area contributed by atoms with Crippen LogP contribution in [-0.4, -0.2) is 25.3 Å². The largest absolute Gasteiger partial charge is 0.244 e. The van der Waals surface area contributed by atoms with Crippen molar-refractivity contribution in [2.75, 3.05) is 6.54 Å². The van der Waals surface area contributed by atoms with E-state index in [1.807, 2.05) is 6.07 Å². The first-order valence-corrected chi connectivity index (χ1v) is 8.00. The number of halogens is 2. The van der Waals surface area contributed by atoms with Crippen LogP contribution in [-0.2, 0) is 10.0 Å². The van der Waals surface area contributed by atoms with Gasteiger partial charge < -0.3 is 0 Å². The number of benzene rings is 1. The highest BCUT2D eigenvalue weighted by molar-refractivity contribution is 7.89. The normalized spacial score (nSPS) is 15.5. The first-order chi connectivity index (χ1) is 8.96. The summed E-state index contributed by atoms with van der Waals surface area (Å²) in [5, 5.41) is 9.10. The number of nitriles is 1. The molecule has 1 aliphatic rings. The minimum absolute atomic E-state index is 0.00602. The molecule has 1 aliphatic carbocycles. The molecule has 0 saturated heterocycles. The summed E-state index contributed by atoms with van der Waals surface area (Å²) < 4.78 is 26.5. The van der Waals surface area contributed by atoms with Crippen LogP contribution in [0.5, 0.6) is 0 Å². The summed E-state index contributed by atoms with van der Waals surface area (Å²) >= 11 is 11.8. The average molecular weight is 319 g/mol. The molecule has 0 atom stereocenters. The summed E-state index contributed by atoms with van der Waals surface area (Å²) in [6, 6.07) is 6.30. The number of nitrogens with zero attached hydrogens (tertiary/aromatic N) is 2. The molecule has 0 aromatic heterocycles. The number of hydrogen-bond acceptors (Lipinski definition) is 3. The molecule has 19 heavy (non-hydrogen) atoms. The summed E-state index contributed by atoms with van der Waals surface area (Å²) in [6.07, 6.45) is 1.81. The van der Waals surface area contributed by atoms with E-state index in [2.05, 4.69) is 0 Å². The smallest absolute Gasteiger partial charge is 0.207 e. The van der Waals surface area contributed by atoms with Crippen molar-refractivity contribution < 1.29 is 8.42 Å². The Morgan fingerprint density at radius 2 is 2.05 bits per heavy atom. The third kappa shape index (κ3) is 3.21. The van der Waals surface area contributed by atoms with E-state index in [0.717, 1.165) is 12.8 Å². The SMILES string of the molecule is N#CCCN(C1CC1)S(=O)(=O)c1cc(Cl)ccc1Cl. The van der Waals surface area contributed by atoms with Crippen molar-refractivity contribution in [2.24, 2.45) is 0 Å². The Bertz CT molecular complexity index is 621. The molecule has 0 N–H and O–H groups in total. The fourth-order valence-electron chi connectivity index (χ4n) is 1.82. The molecule has 0 aliphatic heterocycles. The molecule has 0 spiro atoms.